The van der Waals surface area contributed by atoms with E-state index in [0.29, 0.717) is 36.8 Å². The van der Waals surface area contributed by atoms with E-state index in [4.69, 9.17) is 16.3 Å². The van der Waals surface area contributed by atoms with Gasteiger partial charge in [0.15, 0.2) is 0 Å². The minimum absolute atomic E-state index is 0.241. The van der Waals surface area contributed by atoms with Crippen molar-refractivity contribution >= 4 is 17.6 Å². The third kappa shape index (κ3) is 4.43. The first-order valence-corrected chi connectivity index (χ1v) is 9.25. The molecule has 1 saturated heterocycles. The summed E-state index contributed by atoms with van der Waals surface area (Å²) in [6.45, 7) is 2.16. The van der Waals surface area contributed by atoms with Gasteiger partial charge in [-0.05, 0) is 30.5 Å². The smallest absolute Gasteiger partial charge is 0.313 e. The summed E-state index contributed by atoms with van der Waals surface area (Å²) in [4.78, 5) is 14.3. The minimum Gasteiger partial charge on any atom is -0.497 e. The Kier molecular flexibility index (Phi) is 6.04. The number of carboxylic acid groups (broad SMARTS) is 1. The van der Waals surface area contributed by atoms with Crippen LogP contribution in [0.1, 0.15) is 12.0 Å². The number of piperidine rings is 1. The number of aliphatic carboxylic acids is 1. The molecule has 0 unspecified atom stereocenters. The van der Waals surface area contributed by atoms with Crippen molar-refractivity contribution in [3.8, 4) is 5.75 Å². The Morgan fingerprint density at radius 3 is 2.93 bits per heavy atom. The highest BCUT2D eigenvalue weighted by atomic mass is 35.5. The van der Waals surface area contributed by atoms with Crippen LogP contribution < -0.4 is 4.74 Å². The molecule has 3 rings (SSSR count). The van der Waals surface area contributed by atoms with Crippen molar-refractivity contribution in [2.24, 2.45) is 5.41 Å². The van der Waals surface area contributed by atoms with E-state index >= 15 is 0 Å². The first-order valence-electron chi connectivity index (χ1n) is 8.87. The largest absolute Gasteiger partial charge is 0.497 e. The number of likely N-dealkylation sites (tertiary alicyclic amines) is 1. The average molecular weight is 394 g/mol. The number of carbonyl (C=O) groups is 1. The number of halogens is 1. The normalized spacial score (nSPS) is 23.3. The molecule has 8 heteroatoms. The van der Waals surface area contributed by atoms with Gasteiger partial charge in [-0.3, -0.25) is 9.48 Å². The van der Waals surface area contributed by atoms with Crippen LogP contribution in [0.5, 0.6) is 5.75 Å². The second kappa shape index (κ2) is 8.29. The molecule has 2 atom stereocenters. The van der Waals surface area contributed by atoms with Gasteiger partial charge in [-0.2, -0.15) is 5.10 Å². The lowest BCUT2D eigenvalue weighted by atomic mass is 9.73. The van der Waals surface area contributed by atoms with Crippen molar-refractivity contribution in [2.75, 3.05) is 26.7 Å². The van der Waals surface area contributed by atoms with Crippen LogP contribution >= 0.6 is 11.6 Å². The van der Waals surface area contributed by atoms with Crippen LogP contribution in [0, 0.1) is 5.41 Å². The van der Waals surface area contributed by atoms with Crippen molar-refractivity contribution in [1.29, 1.82) is 0 Å². The fraction of sp³-hybridized carbons (Fsp3) is 0.474. The summed E-state index contributed by atoms with van der Waals surface area (Å²) in [5.41, 5.74) is -0.427. The van der Waals surface area contributed by atoms with E-state index in [1.165, 1.54) is 0 Å². The van der Waals surface area contributed by atoms with Crippen LogP contribution in [0.25, 0.3) is 0 Å². The zero-order valence-corrected chi connectivity index (χ0v) is 16.0. The summed E-state index contributed by atoms with van der Waals surface area (Å²) in [7, 11) is 1.57. The van der Waals surface area contributed by atoms with Gasteiger partial charge >= 0.3 is 5.97 Å². The van der Waals surface area contributed by atoms with Crippen LogP contribution in [0.4, 0.5) is 0 Å². The standard InChI is InChI=1S/C19H24ClN3O4/c1-27-16-4-2-3-14(9-16)10-19(18(25)26)13-22(6-5-17(19)24)7-8-23-12-15(20)11-21-23/h2-4,9,11-12,17,24H,5-8,10,13H2,1H3,(H,25,26)/t17-,19+/m0/s1. The molecule has 1 aromatic heterocycles. The van der Waals surface area contributed by atoms with Crippen molar-refractivity contribution in [3.63, 3.8) is 0 Å². The van der Waals surface area contributed by atoms with Crippen LogP contribution in [-0.2, 0) is 17.8 Å². The lowest BCUT2D eigenvalue weighted by molar-refractivity contribution is -0.163. The van der Waals surface area contributed by atoms with Gasteiger partial charge in [0, 0.05) is 25.8 Å². The molecule has 1 fully saturated rings. The number of hydrogen-bond acceptors (Lipinski definition) is 5. The Labute approximate surface area is 163 Å². The number of ether oxygens (including phenoxy) is 1. The number of nitrogens with zero attached hydrogens (tertiary/aromatic N) is 3. The Hall–Kier alpha value is -2.09. The number of aromatic nitrogens is 2. The maximum atomic E-state index is 12.2. The van der Waals surface area contributed by atoms with E-state index in [9.17, 15) is 15.0 Å². The van der Waals surface area contributed by atoms with Crippen molar-refractivity contribution in [1.82, 2.24) is 14.7 Å². The first-order chi connectivity index (χ1) is 12.9. The zero-order chi connectivity index (χ0) is 19.4. The molecule has 0 amide bonds. The summed E-state index contributed by atoms with van der Waals surface area (Å²) in [6.07, 6.45) is 3.06. The van der Waals surface area contributed by atoms with E-state index < -0.39 is 17.5 Å². The average Bonchev–Trinajstić information content (AvgIpc) is 3.07. The monoisotopic (exact) mass is 393 g/mol. The molecular weight excluding hydrogens is 370 g/mol. The number of aliphatic hydroxyl groups is 1. The van der Waals surface area contributed by atoms with Crippen LogP contribution in [0.15, 0.2) is 36.7 Å². The molecule has 7 nitrogen and oxygen atoms in total. The fourth-order valence-electron chi connectivity index (χ4n) is 3.67. The molecule has 1 aliphatic heterocycles. The van der Waals surface area contributed by atoms with Gasteiger partial charge in [0.05, 0.1) is 31.0 Å². The molecule has 1 aromatic carbocycles. The lowest BCUT2D eigenvalue weighted by Crippen LogP contribution is -2.57. The molecule has 1 aliphatic rings. The van der Waals surface area contributed by atoms with E-state index in [2.05, 4.69) is 10.00 Å². The molecule has 146 valence electrons. The number of hydrogen-bond donors (Lipinski definition) is 2. The van der Waals surface area contributed by atoms with Crippen LogP contribution in [-0.4, -0.2) is 63.7 Å². The second-order valence-corrected chi connectivity index (χ2v) is 7.43. The van der Waals surface area contributed by atoms with Gasteiger partial charge in [0.1, 0.15) is 11.2 Å². The third-order valence-corrected chi connectivity index (χ3v) is 5.38. The van der Waals surface area contributed by atoms with E-state index in [1.54, 1.807) is 24.2 Å². The SMILES string of the molecule is COc1cccc(C[C@@]2(C(=O)O)CN(CCn3cc(Cl)cn3)CC[C@@H]2O)c1. The summed E-state index contributed by atoms with van der Waals surface area (Å²) >= 11 is 5.88. The van der Waals surface area contributed by atoms with Gasteiger partial charge in [0.2, 0.25) is 0 Å². The van der Waals surface area contributed by atoms with Crippen molar-refractivity contribution < 1.29 is 19.7 Å². The first kappa shape index (κ1) is 19.7. The van der Waals surface area contributed by atoms with E-state index in [1.807, 2.05) is 24.3 Å². The van der Waals surface area contributed by atoms with E-state index in [0.717, 1.165) is 5.56 Å². The topological polar surface area (TPSA) is 87.8 Å². The molecular formula is C19H24ClN3O4. The van der Waals surface area contributed by atoms with Crippen molar-refractivity contribution in [2.45, 2.75) is 25.5 Å². The summed E-state index contributed by atoms with van der Waals surface area (Å²) in [6, 6.07) is 7.33. The van der Waals surface area contributed by atoms with Crippen LogP contribution in [0.3, 0.4) is 0 Å². The van der Waals surface area contributed by atoms with Crippen molar-refractivity contribution in [3.05, 3.63) is 47.2 Å². The highest BCUT2D eigenvalue weighted by Gasteiger charge is 2.49. The van der Waals surface area contributed by atoms with Gasteiger partial charge in [-0.15, -0.1) is 0 Å². The Morgan fingerprint density at radius 1 is 1.44 bits per heavy atom. The predicted molar refractivity (Wildman–Crippen MR) is 101 cm³/mol. The lowest BCUT2D eigenvalue weighted by Gasteiger charge is -2.43. The Morgan fingerprint density at radius 2 is 2.26 bits per heavy atom. The van der Waals surface area contributed by atoms with Gasteiger partial charge in [-0.25, -0.2) is 0 Å². The summed E-state index contributed by atoms with van der Waals surface area (Å²) < 4.78 is 6.97. The molecule has 0 aliphatic carbocycles. The van der Waals surface area contributed by atoms with Crippen LogP contribution in [0.2, 0.25) is 5.02 Å². The second-order valence-electron chi connectivity index (χ2n) is 6.99. The maximum absolute atomic E-state index is 12.2. The molecule has 0 spiro atoms. The third-order valence-electron chi connectivity index (χ3n) is 5.19. The highest BCUT2D eigenvalue weighted by molar-refractivity contribution is 6.30. The predicted octanol–water partition coefficient (Wildman–Crippen LogP) is 1.93. The molecule has 27 heavy (non-hydrogen) atoms. The molecule has 2 aromatic rings. The molecule has 2 N–H and O–H groups in total. The number of carboxylic acids is 1. The van der Waals surface area contributed by atoms with Gasteiger partial charge in [-0.1, -0.05) is 23.7 Å². The van der Waals surface area contributed by atoms with Gasteiger partial charge < -0.3 is 19.8 Å². The number of methoxy groups -OCH3 is 1. The summed E-state index contributed by atoms with van der Waals surface area (Å²) in [5, 5.41) is 25.3. The van der Waals surface area contributed by atoms with Gasteiger partial charge in [0.25, 0.3) is 0 Å². The number of benzene rings is 1. The molecule has 0 bridgehead atoms. The Bertz CT molecular complexity index is 797. The summed E-state index contributed by atoms with van der Waals surface area (Å²) in [5.74, 6) is -0.310. The molecule has 0 saturated carbocycles. The fourth-order valence-corrected chi connectivity index (χ4v) is 3.82. The highest BCUT2D eigenvalue weighted by Crippen LogP contribution is 2.35. The maximum Gasteiger partial charge on any atom is 0.313 e. The minimum atomic E-state index is -1.26. The quantitative estimate of drug-likeness (QED) is 0.747. The number of aliphatic hydroxyl groups excluding tert-OH is 1. The molecule has 2 heterocycles. The van der Waals surface area contributed by atoms with E-state index in [-0.39, 0.29) is 13.0 Å². The molecule has 0 radical (unpaired) electrons. The Balaban J connectivity index is 1.75. The number of rotatable bonds is 7. The zero-order valence-electron chi connectivity index (χ0n) is 15.2.